The molecule has 0 aliphatic carbocycles. The minimum absolute atomic E-state index is 0.0538. The van der Waals surface area contributed by atoms with Crippen molar-refractivity contribution in [2.45, 2.75) is 13.0 Å². The van der Waals surface area contributed by atoms with Gasteiger partial charge in [0.25, 0.3) is 0 Å². The zero-order chi connectivity index (χ0) is 12.3. The Hall–Kier alpha value is -1.92. The number of amides is 1. The number of methoxy groups -OCH3 is 1. The first kappa shape index (κ1) is 11.6. The van der Waals surface area contributed by atoms with Crippen LogP contribution in [0.5, 0.6) is 0 Å². The van der Waals surface area contributed by atoms with Gasteiger partial charge in [-0.2, -0.15) is 5.10 Å². The van der Waals surface area contributed by atoms with E-state index in [4.69, 9.17) is 0 Å². The minimum atomic E-state index is -0.249. The fourth-order valence-corrected chi connectivity index (χ4v) is 1.90. The van der Waals surface area contributed by atoms with Crippen LogP contribution in [-0.2, 0) is 20.9 Å². The lowest BCUT2D eigenvalue weighted by molar-refractivity contribution is -0.145. The van der Waals surface area contributed by atoms with Crippen LogP contribution in [0.4, 0.5) is 0 Å². The van der Waals surface area contributed by atoms with Gasteiger partial charge in [-0.15, -0.1) is 0 Å². The Kier molecular flexibility index (Phi) is 3.36. The lowest BCUT2D eigenvalue weighted by atomic mass is 10.1. The zero-order valence-corrected chi connectivity index (χ0v) is 9.57. The van der Waals surface area contributed by atoms with Crippen LogP contribution in [0, 0.1) is 5.92 Å². The lowest BCUT2D eigenvalue weighted by Gasteiger charge is -2.15. The molecule has 1 aromatic heterocycles. The van der Waals surface area contributed by atoms with E-state index in [0.717, 1.165) is 0 Å². The SMILES string of the molecule is COC(=O)C1CCN(C(=O)Cn2cncn2)C1. The van der Waals surface area contributed by atoms with Crippen LogP contribution in [-0.4, -0.2) is 51.7 Å². The van der Waals surface area contributed by atoms with Gasteiger partial charge in [0.05, 0.1) is 13.0 Å². The average Bonchev–Trinajstić information content (AvgIpc) is 2.98. The van der Waals surface area contributed by atoms with Crippen LogP contribution in [0.1, 0.15) is 6.42 Å². The first-order chi connectivity index (χ1) is 8.20. The molecule has 1 aliphatic rings. The molecule has 1 atom stereocenters. The molecule has 1 unspecified atom stereocenters. The number of nitrogens with zero attached hydrogens (tertiary/aromatic N) is 4. The Morgan fingerprint density at radius 2 is 2.35 bits per heavy atom. The number of rotatable bonds is 3. The molecule has 0 N–H and O–H groups in total. The Morgan fingerprint density at radius 1 is 1.53 bits per heavy atom. The summed E-state index contributed by atoms with van der Waals surface area (Å²) in [5.41, 5.74) is 0. The van der Waals surface area contributed by atoms with Crippen molar-refractivity contribution in [2.75, 3.05) is 20.2 Å². The molecule has 1 aromatic rings. The highest BCUT2D eigenvalue weighted by Crippen LogP contribution is 2.17. The predicted molar refractivity (Wildman–Crippen MR) is 56.7 cm³/mol. The lowest BCUT2D eigenvalue weighted by Crippen LogP contribution is -2.33. The molecule has 92 valence electrons. The zero-order valence-electron chi connectivity index (χ0n) is 9.57. The summed E-state index contributed by atoms with van der Waals surface area (Å²) in [6.07, 6.45) is 3.54. The van der Waals surface area contributed by atoms with Crippen molar-refractivity contribution in [1.82, 2.24) is 19.7 Å². The van der Waals surface area contributed by atoms with Crippen LogP contribution in [0.2, 0.25) is 0 Å². The second-order valence-corrected chi connectivity index (χ2v) is 3.94. The largest absolute Gasteiger partial charge is 0.469 e. The monoisotopic (exact) mass is 238 g/mol. The number of ether oxygens (including phenoxy) is 1. The van der Waals surface area contributed by atoms with Gasteiger partial charge in [0.1, 0.15) is 19.2 Å². The highest BCUT2D eigenvalue weighted by atomic mass is 16.5. The summed E-state index contributed by atoms with van der Waals surface area (Å²) >= 11 is 0. The van der Waals surface area contributed by atoms with E-state index in [-0.39, 0.29) is 24.3 Å². The maximum Gasteiger partial charge on any atom is 0.310 e. The van der Waals surface area contributed by atoms with Crippen LogP contribution in [0.3, 0.4) is 0 Å². The van der Waals surface area contributed by atoms with Crippen molar-refractivity contribution in [2.24, 2.45) is 5.92 Å². The third-order valence-electron chi connectivity index (χ3n) is 2.84. The molecule has 2 rings (SSSR count). The van der Waals surface area contributed by atoms with Crippen LogP contribution < -0.4 is 0 Å². The van der Waals surface area contributed by atoms with Gasteiger partial charge in [0.15, 0.2) is 0 Å². The molecule has 0 saturated carbocycles. The number of likely N-dealkylation sites (tertiary alicyclic amines) is 1. The minimum Gasteiger partial charge on any atom is -0.469 e. The van der Waals surface area contributed by atoms with Crippen molar-refractivity contribution in [1.29, 1.82) is 0 Å². The number of carbonyl (C=O) groups is 2. The predicted octanol–water partition coefficient (Wildman–Crippen LogP) is -0.700. The standard InChI is InChI=1S/C10H14N4O3/c1-17-10(16)8-2-3-13(4-8)9(15)5-14-7-11-6-12-14/h6-8H,2-5H2,1H3. The third kappa shape index (κ3) is 2.61. The van der Waals surface area contributed by atoms with Gasteiger partial charge in [0.2, 0.25) is 5.91 Å². The van der Waals surface area contributed by atoms with E-state index in [1.165, 1.54) is 24.4 Å². The molecular weight excluding hydrogens is 224 g/mol. The fourth-order valence-electron chi connectivity index (χ4n) is 1.90. The molecule has 0 radical (unpaired) electrons. The van der Waals surface area contributed by atoms with Gasteiger partial charge >= 0.3 is 5.97 Å². The van der Waals surface area contributed by atoms with Gasteiger partial charge in [-0.1, -0.05) is 0 Å². The third-order valence-corrected chi connectivity index (χ3v) is 2.84. The highest BCUT2D eigenvalue weighted by Gasteiger charge is 2.31. The highest BCUT2D eigenvalue weighted by molar-refractivity contribution is 5.79. The fraction of sp³-hybridized carbons (Fsp3) is 0.600. The molecule has 1 fully saturated rings. The molecule has 0 spiro atoms. The van der Waals surface area contributed by atoms with Gasteiger partial charge in [-0.3, -0.25) is 9.59 Å². The van der Waals surface area contributed by atoms with E-state index in [9.17, 15) is 9.59 Å². The van der Waals surface area contributed by atoms with Gasteiger partial charge in [-0.25, -0.2) is 9.67 Å². The van der Waals surface area contributed by atoms with Crippen molar-refractivity contribution in [3.8, 4) is 0 Å². The Morgan fingerprint density at radius 3 is 3.00 bits per heavy atom. The Labute approximate surface area is 98.4 Å². The van der Waals surface area contributed by atoms with E-state index in [2.05, 4.69) is 14.8 Å². The van der Waals surface area contributed by atoms with Crippen molar-refractivity contribution >= 4 is 11.9 Å². The number of aromatic nitrogens is 3. The van der Waals surface area contributed by atoms with Gasteiger partial charge in [0, 0.05) is 13.1 Å². The molecule has 1 amide bonds. The molecule has 0 bridgehead atoms. The summed E-state index contributed by atoms with van der Waals surface area (Å²) in [5, 5.41) is 3.86. The number of hydrogen-bond donors (Lipinski definition) is 0. The van der Waals surface area contributed by atoms with Crippen LogP contribution in [0.15, 0.2) is 12.7 Å². The molecule has 2 heterocycles. The summed E-state index contributed by atoms with van der Waals surface area (Å²) in [5.74, 6) is -0.498. The molecule has 1 aliphatic heterocycles. The van der Waals surface area contributed by atoms with E-state index >= 15 is 0 Å². The number of carbonyl (C=O) groups excluding carboxylic acids is 2. The van der Waals surface area contributed by atoms with Crippen molar-refractivity contribution in [3.05, 3.63) is 12.7 Å². The summed E-state index contributed by atoms with van der Waals surface area (Å²) in [7, 11) is 1.36. The molecule has 0 aromatic carbocycles. The maximum atomic E-state index is 11.9. The van der Waals surface area contributed by atoms with E-state index in [1.807, 2.05) is 0 Å². The van der Waals surface area contributed by atoms with Crippen LogP contribution >= 0.6 is 0 Å². The topological polar surface area (TPSA) is 77.3 Å². The Bertz CT molecular complexity index is 404. The normalized spacial score (nSPS) is 19.4. The molecule has 1 saturated heterocycles. The summed E-state index contributed by atoms with van der Waals surface area (Å²) < 4.78 is 6.13. The molecule has 17 heavy (non-hydrogen) atoms. The van der Waals surface area contributed by atoms with Gasteiger partial charge < -0.3 is 9.64 Å². The van der Waals surface area contributed by atoms with Crippen LogP contribution in [0.25, 0.3) is 0 Å². The molecule has 7 nitrogen and oxygen atoms in total. The molecular formula is C10H14N4O3. The smallest absolute Gasteiger partial charge is 0.310 e. The first-order valence-corrected chi connectivity index (χ1v) is 5.38. The average molecular weight is 238 g/mol. The van der Waals surface area contributed by atoms with E-state index in [1.54, 1.807) is 4.90 Å². The van der Waals surface area contributed by atoms with E-state index in [0.29, 0.717) is 19.5 Å². The number of esters is 1. The second kappa shape index (κ2) is 4.94. The van der Waals surface area contributed by atoms with Crippen molar-refractivity contribution in [3.63, 3.8) is 0 Å². The second-order valence-electron chi connectivity index (χ2n) is 3.94. The number of hydrogen-bond acceptors (Lipinski definition) is 5. The van der Waals surface area contributed by atoms with Crippen molar-refractivity contribution < 1.29 is 14.3 Å². The summed E-state index contributed by atoms with van der Waals surface area (Å²) in [6, 6.07) is 0. The van der Waals surface area contributed by atoms with Gasteiger partial charge in [-0.05, 0) is 6.42 Å². The summed E-state index contributed by atoms with van der Waals surface area (Å²) in [4.78, 5) is 28.6. The summed E-state index contributed by atoms with van der Waals surface area (Å²) in [6.45, 7) is 1.18. The Balaban J connectivity index is 1.88. The first-order valence-electron chi connectivity index (χ1n) is 5.38. The quantitative estimate of drug-likeness (QED) is 0.651. The molecule has 7 heteroatoms. The van der Waals surface area contributed by atoms with E-state index < -0.39 is 0 Å². The maximum absolute atomic E-state index is 11.9.